The van der Waals surface area contributed by atoms with Crippen molar-refractivity contribution in [2.24, 2.45) is 0 Å². The van der Waals surface area contributed by atoms with Crippen LogP contribution in [0.4, 0.5) is 10.5 Å². The number of piperidine rings is 1. The predicted octanol–water partition coefficient (Wildman–Crippen LogP) is 3.10. The Morgan fingerprint density at radius 2 is 1.95 bits per heavy atom. The van der Waals surface area contributed by atoms with Gasteiger partial charge in [-0.2, -0.15) is 0 Å². The van der Waals surface area contributed by atoms with Gasteiger partial charge in [0.15, 0.2) is 5.79 Å². The fraction of sp³-hybridized carbons (Fsp3) is 0.533. The minimum absolute atomic E-state index is 0.108. The minimum atomic E-state index is -0.467. The van der Waals surface area contributed by atoms with Gasteiger partial charge in [0.2, 0.25) is 0 Å². The fourth-order valence-corrected chi connectivity index (χ4v) is 2.92. The number of urea groups is 1. The van der Waals surface area contributed by atoms with Crippen molar-refractivity contribution >= 4 is 23.3 Å². The highest BCUT2D eigenvalue weighted by Crippen LogP contribution is 2.31. The zero-order chi connectivity index (χ0) is 14.7. The van der Waals surface area contributed by atoms with Crippen LogP contribution in [0.5, 0.6) is 0 Å². The SMILES string of the molecule is O=C(Nc1cccc(Cl)c1)N1CCC2(CC1)OCCCO2. The van der Waals surface area contributed by atoms with Gasteiger partial charge in [-0.3, -0.25) is 0 Å². The van der Waals surface area contributed by atoms with Gasteiger partial charge < -0.3 is 19.7 Å². The molecule has 5 nitrogen and oxygen atoms in total. The summed E-state index contributed by atoms with van der Waals surface area (Å²) in [6.45, 7) is 2.75. The zero-order valence-electron chi connectivity index (χ0n) is 11.8. The lowest BCUT2D eigenvalue weighted by molar-refractivity contribution is -0.281. The first kappa shape index (κ1) is 14.6. The van der Waals surface area contributed by atoms with Crippen LogP contribution in [-0.2, 0) is 9.47 Å². The van der Waals surface area contributed by atoms with Crippen LogP contribution in [0.2, 0.25) is 5.02 Å². The number of hydrogen-bond acceptors (Lipinski definition) is 3. The Morgan fingerprint density at radius 1 is 1.24 bits per heavy atom. The van der Waals surface area contributed by atoms with E-state index in [2.05, 4.69) is 5.32 Å². The Hall–Kier alpha value is -1.30. The molecule has 0 saturated carbocycles. The molecule has 2 aliphatic heterocycles. The highest BCUT2D eigenvalue weighted by atomic mass is 35.5. The van der Waals surface area contributed by atoms with E-state index in [1.165, 1.54) is 0 Å². The molecule has 1 aromatic carbocycles. The topological polar surface area (TPSA) is 50.8 Å². The van der Waals surface area contributed by atoms with Crippen molar-refractivity contribution in [2.75, 3.05) is 31.6 Å². The van der Waals surface area contributed by atoms with E-state index >= 15 is 0 Å². The van der Waals surface area contributed by atoms with E-state index < -0.39 is 5.79 Å². The van der Waals surface area contributed by atoms with Gasteiger partial charge in [0.1, 0.15) is 0 Å². The van der Waals surface area contributed by atoms with Crippen molar-refractivity contribution < 1.29 is 14.3 Å². The largest absolute Gasteiger partial charge is 0.350 e. The van der Waals surface area contributed by atoms with E-state index in [1.54, 1.807) is 17.0 Å². The highest BCUT2D eigenvalue weighted by Gasteiger charge is 2.39. The fourth-order valence-electron chi connectivity index (χ4n) is 2.72. The summed E-state index contributed by atoms with van der Waals surface area (Å²) in [4.78, 5) is 14.0. The third-order valence-corrected chi connectivity index (χ3v) is 4.14. The second-order valence-electron chi connectivity index (χ2n) is 5.39. The number of halogens is 1. The summed E-state index contributed by atoms with van der Waals surface area (Å²) in [6, 6.07) is 7.04. The molecule has 6 heteroatoms. The molecule has 114 valence electrons. The third kappa shape index (κ3) is 3.48. The summed E-state index contributed by atoms with van der Waals surface area (Å²) in [5.74, 6) is -0.467. The van der Waals surface area contributed by atoms with Crippen LogP contribution in [-0.4, -0.2) is 43.0 Å². The van der Waals surface area contributed by atoms with Crippen LogP contribution in [0, 0.1) is 0 Å². The van der Waals surface area contributed by atoms with Crippen molar-refractivity contribution in [1.82, 2.24) is 4.90 Å². The standard InChI is InChI=1S/C15H19ClN2O3/c16-12-3-1-4-13(11-12)17-14(19)18-7-5-15(6-8-18)20-9-2-10-21-15/h1,3-4,11H,2,5-10H2,(H,17,19). The van der Waals surface area contributed by atoms with Crippen molar-refractivity contribution in [3.8, 4) is 0 Å². The van der Waals surface area contributed by atoms with Crippen LogP contribution < -0.4 is 5.32 Å². The minimum Gasteiger partial charge on any atom is -0.350 e. The summed E-state index contributed by atoms with van der Waals surface area (Å²) in [5.41, 5.74) is 0.706. The molecule has 0 atom stereocenters. The molecule has 2 heterocycles. The molecule has 0 aliphatic carbocycles. The number of likely N-dealkylation sites (tertiary alicyclic amines) is 1. The van der Waals surface area contributed by atoms with Crippen molar-refractivity contribution in [3.63, 3.8) is 0 Å². The first-order chi connectivity index (χ1) is 10.2. The predicted molar refractivity (Wildman–Crippen MR) is 80.5 cm³/mol. The second kappa shape index (κ2) is 6.22. The molecule has 2 amide bonds. The molecule has 2 saturated heterocycles. The molecule has 0 bridgehead atoms. The van der Waals surface area contributed by atoms with E-state index in [9.17, 15) is 4.79 Å². The normalized spacial score (nSPS) is 21.3. The summed E-state index contributed by atoms with van der Waals surface area (Å²) in [7, 11) is 0. The second-order valence-corrected chi connectivity index (χ2v) is 5.83. The molecular formula is C15H19ClN2O3. The van der Waals surface area contributed by atoms with Gasteiger partial charge in [-0.15, -0.1) is 0 Å². The van der Waals surface area contributed by atoms with Gasteiger partial charge >= 0.3 is 6.03 Å². The molecule has 1 spiro atoms. The number of anilines is 1. The number of benzene rings is 1. The van der Waals surface area contributed by atoms with Gasteiger partial charge in [-0.05, 0) is 24.6 Å². The number of amides is 2. The average molecular weight is 311 g/mol. The Kier molecular flexibility index (Phi) is 4.33. The van der Waals surface area contributed by atoms with Gasteiger partial charge in [0.05, 0.1) is 13.2 Å². The quantitative estimate of drug-likeness (QED) is 0.867. The molecule has 3 rings (SSSR count). The van der Waals surface area contributed by atoms with Crippen LogP contribution in [0.25, 0.3) is 0 Å². The van der Waals surface area contributed by atoms with Crippen LogP contribution in [0.1, 0.15) is 19.3 Å². The number of nitrogens with one attached hydrogen (secondary N) is 1. The lowest BCUT2D eigenvalue weighted by Gasteiger charge is -2.43. The number of hydrogen-bond donors (Lipinski definition) is 1. The first-order valence-corrected chi connectivity index (χ1v) is 7.64. The maximum atomic E-state index is 12.2. The molecule has 0 unspecified atom stereocenters. The van der Waals surface area contributed by atoms with Gasteiger partial charge in [-0.25, -0.2) is 4.79 Å². The number of nitrogens with zero attached hydrogens (tertiary/aromatic N) is 1. The van der Waals surface area contributed by atoms with E-state index in [0.29, 0.717) is 23.8 Å². The van der Waals surface area contributed by atoms with E-state index in [1.807, 2.05) is 12.1 Å². The highest BCUT2D eigenvalue weighted by molar-refractivity contribution is 6.30. The summed E-state index contributed by atoms with van der Waals surface area (Å²) in [6.07, 6.45) is 2.38. The molecule has 2 fully saturated rings. The van der Waals surface area contributed by atoms with Gasteiger partial charge in [-0.1, -0.05) is 17.7 Å². The molecule has 2 aliphatic rings. The number of carbonyl (C=O) groups is 1. The number of carbonyl (C=O) groups excluding carboxylic acids is 1. The Labute approximate surface area is 129 Å². The molecule has 0 aromatic heterocycles. The van der Waals surface area contributed by atoms with E-state index in [0.717, 1.165) is 32.5 Å². The van der Waals surface area contributed by atoms with Crippen molar-refractivity contribution in [2.45, 2.75) is 25.0 Å². The van der Waals surface area contributed by atoms with Crippen LogP contribution in [0.15, 0.2) is 24.3 Å². The Morgan fingerprint density at radius 3 is 2.62 bits per heavy atom. The average Bonchev–Trinajstić information content (AvgIpc) is 2.49. The monoisotopic (exact) mass is 310 g/mol. The summed E-state index contributed by atoms with van der Waals surface area (Å²) >= 11 is 5.91. The lowest BCUT2D eigenvalue weighted by Crippen LogP contribution is -2.52. The molecule has 21 heavy (non-hydrogen) atoms. The maximum Gasteiger partial charge on any atom is 0.321 e. The maximum absolute atomic E-state index is 12.2. The number of ether oxygens (including phenoxy) is 2. The Bertz CT molecular complexity index is 507. The third-order valence-electron chi connectivity index (χ3n) is 3.91. The first-order valence-electron chi connectivity index (χ1n) is 7.26. The van der Waals surface area contributed by atoms with E-state index in [-0.39, 0.29) is 6.03 Å². The smallest absolute Gasteiger partial charge is 0.321 e. The molecule has 0 radical (unpaired) electrons. The molecule has 1 aromatic rings. The van der Waals surface area contributed by atoms with E-state index in [4.69, 9.17) is 21.1 Å². The van der Waals surface area contributed by atoms with Crippen LogP contribution in [0.3, 0.4) is 0 Å². The van der Waals surface area contributed by atoms with Gasteiger partial charge in [0, 0.05) is 36.6 Å². The number of rotatable bonds is 1. The zero-order valence-corrected chi connectivity index (χ0v) is 12.6. The molecule has 1 N–H and O–H groups in total. The van der Waals surface area contributed by atoms with Gasteiger partial charge in [0.25, 0.3) is 0 Å². The van der Waals surface area contributed by atoms with Crippen molar-refractivity contribution in [3.05, 3.63) is 29.3 Å². The Balaban J connectivity index is 1.55. The lowest BCUT2D eigenvalue weighted by atomic mass is 10.0. The van der Waals surface area contributed by atoms with Crippen LogP contribution >= 0.6 is 11.6 Å². The molecular weight excluding hydrogens is 292 g/mol. The van der Waals surface area contributed by atoms with Crippen molar-refractivity contribution in [1.29, 1.82) is 0 Å². The summed E-state index contributed by atoms with van der Waals surface area (Å²) < 4.78 is 11.5. The summed E-state index contributed by atoms with van der Waals surface area (Å²) in [5, 5.41) is 3.47.